The van der Waals surface area contributed by atoms with Crippen LogP contribution in [0.3, 0.4) is 0 Å². The minimum atomic E-state index is -1.14. The van der Waals surface area contributed by atoms with E-state index in [1.54, 1.807) is 18.4 Å². The van der Waals surface area contributed by atoms with Crippen LogP contribution >= 0.6 is 0 Å². The Kier molecular flexibility index (Phi) is 4.59. The van der Waals surface area contributed by atoms with Gasteiger partial charge in [0.15, 0.2) is 0 Å². The first-order valence-electron chi connectivity index (χ1n) is 9.33. The van der Waals surface area contributed by atoms with Crippen molar-refractivity contribution in [2.75, 3.05) is 19.8 Å². The predicted octanol–water partition coefficient (Wildman–Crippen LogP) is 2.74. The van der Waals surface area contributed by atoms with Gasteiger partial charge in [0.2, 0.25) is 5.91 Å². The molecule has 0 radical (unpaired) electrons. The van der Waals surface area contributed by atoms with Crippen LogP contribution in [0.4, 0.5) is 0 Å². The monoisotopic (exact) mass is 355 g/mol. The summed E-state index contributed by atoms with van der Waals surface area (Å²) in [6.07, 6.45) is 4.75. The highest BCUT2D eigenvalue weighted by Gasteiger charge is 2.49. The summed E-state index contributed by atoms with van der Waals surface area (Å²) in [4.78, 5) is 13.3. The molecular formula is C21H25NO4. The van der Waals surface area contributed by atoms with Crippen LogP contribution in [-0.2, 0) is 20.5 Å². The summed E-state index contributed by atoms with van der Waals surface area (Å²) < 4.78 is 11.0. The van der Waals surface area contributed by atoms with Crippen molar-refractivity contribution in [3.8, 4) is 0 Å². The summed E-state index contributed by atoms with van der Waals surface area (Å²) in [6.45, 7) is 1.29. The molecule has 1 aliphatic heterocycles. The fraction of sp³-hybridized carbons (Fsp3) is 0.476. The van der Waals surface area contributed by atoms with E-state index in [4.69, 9.17) is 9.15 Å². The van der Waals surface area contributed by atoms with Crippen LogP contribution in [0.5, 0.6) is 0 Å². The van der Waals surface area contributed by atoms with Gasteiger partial charge in [-0.25, -0.2) is 0 Å². The molecule has 1 atom stereocenters. The molecular weight excluding hydrogens is 330 g/mol. The van der Waals surface area contributed by atoms with Crippen molar-refractivity contribution in [2.45, 2.75) is 36.7 Å². The normalized spacial score (nSPS) is 21.7. The van der Waals surface area contributed by atoms with Crippen LogP contribution < -0.4 is 5.32 Å². The molecule has 0 unspecified atom stereocenters. The lowest BCUT2D eigenvalue weighted by Gasteiger charge is -2.37. The second-order valence-corrected chi connectivity index (χ2v) is 7.42. The summed E-state index contributed by atoms with van der Waals surface area (Å²) in [5.74, 6) is 0.620. The summed E-state index contributed by atoms with van der Waals surface area (Å²) >= 11 is 0. The molecule has 2 heterocycles. The topological polar surface area (TPSA) is 71.7 Å². The molecule has 1 saturated carbocycles. The van der Waals surface area contributed by atoms with E-state index < -0.39 is 11.0 Å². The van der Waals surface area contributed by atoms with E-state index >= 15 is 0 Å². The van der Waals surface area contributed by atoms with E-state index in [0.717, 1.165) is 18.4 Å². The molecule has 0 spiro atoms. The van der Waals surface area contributed by atoms with Crippen molar-refractivity contribution in [2.24, 2.45) is 5.92 Å². The third-order valence-electron chi connectivity index (χ3n) is 5.83. The highest BCUT2D eigenvalue weighted by molar-refractivity contribution is 5.88. The Labute approximate surface area is 153 Å². The zero-order valence-electron chi connectivity index (χ0n) is 14.8. The molecule has 138 valence electrons. The van der Waals surface area contributed by atoms with E-state index in [1.165, 1.54) is 0 Å². The first-order valence-corrected chi connectivity index (χ1v) is 9.33. The Morgan fingerprint density at radius 2 is 1.88 bits per heavy atom. The second kappa shape index (κ2) is 6.89. The summed E-state index contributed by atoms with van der Waals surface area (Å²) in [6, 6.07) is 13.4. The van der Waals surface area contributed by atoms with Crippen LogP contribution in [0.15, 0.2) is 53.1 Å². The Bertz CT molecular complexity index is 733. The van der Waals surface area contributed by atoms with Crippen LogP contribution in [0.2, 0.25) is 0 Å². The maximum atomic E-state index is 13.3. The van der Waals surface area contributed by atoms with Crippen molar-refractivity contribution in [1.82, 2.24) is 5.32 Å². The number of amides is 1. The van der Waals surface area contributed by atoms with Gasteiger partial charge in [-0.15, -0.1) is 0 Å². The smallest absolute Gasteiger partial charge is 0.230 e. The van der Waals surface area contributed by atoms with Gasteiger partial charge in [0, 0.05) is 13.2 Å². The number of rotatable bonds is 6. The number of hydrogen-bond donors (Lipinski definition) is 2. The van der Waals surface area contributed by atoms with Gasteiger partial charge in [-0.05, 0) is 49.3 Å². The molecule has 2 N–H and O–H groups in total. The van der Waals surface area contributed by atoms with E-state index in [-0.39, 0.29) is 18.4 Å². The Morgan fingerprint density at radius 1 is 1.15 bits per heavy atom. The van der Waals surface area contributed by atoms with Gasteiger partial charge in [-0.1, -0.05) is 30.3 Å². The summed E-state index contributed by atoms with van der Waals surface area (Å²) in [7, 11) is 0. The lowest BCUT2D eigenvalue weighted by atomic mass is 9.73. The maximum absolute atomic E-state index is 13.3. The zero-order chi connectivity index (χ0) is 18.0. The molecule has 2 fully saturated rings. The number of benzene rings is 1. The number of ether oxygens (including phenoxy) is 1. The van der Waals surface area contributed by atoms with Crippen LogP contribution in [0.1, 0.15) is 37.0 Å². The SMILES string of the molecule is O=C(NC[C@](O)(c1ccco1)C1CC1)C1(c2ccccc2)CCOCC1. The van der Waals surface area contributed by atoms with Gasteiger partial charge in [-0.2, -0.15) is 0 Å². The number of carbonyl (C=O) groups is 1. The van der Waals surface area contributed by atoms with Gasteiger partial charge in [0.1, 0.15) is 11.4 Å². The van der Waals surface area contributed by atoms with Crippen LogP contribution in [0.25, 0.3) is 0 Å². The fourth-order valence-corrected chi connectivity index (χ4v) is 4.03. The lowest BCUT2D eigenvalue weighted by molar-refractivity contribution is -0.132. The highest BCUT2D eigenvalue weighted by atomic mass is 16.5. The molecule has 0 bridgehead atoms. The predicted molar refractivity (Wildman–Crippen MR) is 96.5 cm³/mol. The number of furan rings is 1. The molecule has 5 heteroatoms. The van der Waals surface area contributed by atoms with E-state index in [1.807, 2.05) is 30.3 Å². The summed E-state index contributed by atoms with van der Waals surface area (Å²) in [5.41, 5.74) is -0.733. The van der Waals surface area contributed by atoms with Gasteiger partial charge >= 0.3 is 0 Å². The van der Waals surface area contributed by atoms with E-state index in [9.17, 15) is 9.90 Å². The Hall–Kier alpha value is -2.11. The average molecular weight is 355 g/mol. The molecule has 4 rings (SSSR count). The third-order valence-corrected chi connectivity index (χ3v) is 5.83. The van der Waals surface area contributed by atoms with Gasteiger partial charge < -0.3 is 19.6 Å². The Morgan fingerprint density at radius 3 is 2.50 bits per heavy atom. The van der Waals surface area contributed by atoms with E-state index in [0.29, 0.717) is 31.8 Å². The molecule has 5 nitrogen and oxygen atoms in total. The summed E-state index contributed by atoms with van der Waals surface area (Å²) in [5, 5.41) is 14.2. The van der Waals surface area contributed by atoms with E-state index in [2.05, 4.69) is 5.32 Å². The molecule has 1 amide bonds. The average Bonchev–Trinajstić information content (AvgIpc) is 3.41. The van der Waals surface area contributed by atoms with Crippen molar-refractivity contribution >= 4 is 5.91 Å². The minimum Gasteiger partial charge on any atom is -0.466 e. The third kappa shape index (κ3) is 3.06. The maximum Gasteiger partial charge on any atom is 0.230 e. The van der Waals surface area contributed by atoms with Gasteiger partial charge in [0.25, 0.3) is 0 Å². The number of aliphatic hydroxyl groups is 1. The van der Waals surface area contributed by atoms with Gasteiger partial charge in [0.05, 0.1) is 18.2 Å². The molecule has 2 aromatic rings. The first-order chi connectivity index (χ1) is 12.7. The molecule has 2 aliphatic rings. The highest BCUT2D eigenvalue weighted by Crippen LogP contribution is 2.46. The lowest BCUT2D eigenvalue weighted by Crippen LogP contribution is -2.52. The molecule has 1 saturated heterocycles. The van der Waals surface area contributed by atoms with Crippen LogP contribution in [0, 0.1) is 5.92 Å². The molecule has 26 heavy (non-hydrogen) atoms. The van der Waals surface area contributed by atoms with Crippen molar-refractivity contribution in [3.63, 3.8) is 0 Å². The molecule has 1 aromatic carbocycles. The van der Waals surface area contributed by atoms with Crippen molar-refractivity contribution in [1.29, 1.82) is 0 Å². The minimum absolute atomic E-state index is 0.0439. The standard InChI is InChI=1S/C21H25NO4/c23-19(20(10-13-25-14-11-20)16-5-2-1-3-6-16)22-15-21(24,17-8-9-17)18-7-4-12-26-18/h1-7,12,17,24H,8-11,13-15H2,(H,22,23)/t21-/m1/s1. The molecule has 1 aromatic heterocycles. The first kappa shape index (κ1) is 17.3. The number of hydrogen-bond acceptors (Lipinski definition) is 4. The Balaban J connectivity index is 1.55. The van der Waals surface area contributed by atoms with Crippen molar-refractivity contribution < 1.29 is 19.1 Å². The van der Waals surface area contributed by atoms with Crippen LogP contribution in [-0.4, -0.2) is 30.8 Å². The zero-order valence-corrected chi connectivity index (χ0v) is 14.8. The second-order valence-electron chi connectivity index (χ2n) is 7.42. The quantitative estimate of drug-likeness (QED) is 0.836. The number of nitrogens with one attached hydrogen (secondary N) is 1. The van der Waals surface area contributed by atoms with Crippen molar-refractivity contribution in [3.05, 3.63) is 60.1 Å². The fourth-order valence-electron chi connectivity index (χ4n) is 4.03. The largest absolute Gasteiger partial charge is 0.466 e. The number of carbonyl (C=O) groups excluding carboxylic acids is 1. The van der Waals surface area contributed by atoms with Gasteiger partial charge in [-0.3, -0.25) is 4.79 Å². The molecule has 1 aliphatic carbocycles.